The van der Waals surface area contributed by atoms with E-state index in [4.69, 9.17) is 15.2 Å². The Labute approximate surface area is 128 Å². The Morgan fingerprint density at radius 3 is 2.77 bits per heavy atom. The largest absolute Gasteiger partial charge is 0.477 e. The first-order valence-corrected chi connectivity index (χ1v) is 7.55. The average molecular weight is 304 g/mol. The number of nitrogen functional groups attached to an aromatic ring is 1. The van der Waals surface area contributed by atoms with Crippen LogP contribution >= 0.6 is 0 Å². The molecule has 0 atom stereocenters. The summed E-state index contributed by atoms with van der Waals surface area (Å²) in [5.74, 6) is 0.169. The first kappa shape index (κ1) is 14.6. The molecular weight excluding hydrogens is 284 g/mol. The molecule has 0 saturated heterocycles. The van der Waals surface area contributed by atoms with Gasteiger partial charge in [0.25, 0.3) is 0 Å². The van der Waals surface area contributed by atoms with Crippen molar-refractivity contribution in [2.45, 2.75) is 38.6 Å². The van der Waals surface area contributed by atoms with Crippen LogP contribution in [0.2, 0.25) is 0 Å². The number of anilines is 1. The molecule has 2 aromatic rings. The van der Waals surface area contributed by atoms with Crippen molar-refractivity contribution >= 4 is 23.0 Å². The van der Waals surface area contributed by atoms with Gasteiger partial charge in [-0.2, -0.15) is 9.97 Å². The number of ether oxygens (including phenoxy) is 2. The summed E-state index contributed by atoms with van der Waals surface area (Å²) in [6.07, 6.45) is 4.32. The molecule has 7 nitrogen and oxygen atoms in total. The van der Waals surface area contributed by atoms with Gasteiger partial charge in [-0.3, -0.25) is 0 Å². The molecule has 2 heterocycles. The lowest BCUT2D eigenvalue weighted by atomic mass is 10.2. The summed E-state index contributed by atoms with van der Waals surface area (Å²) in [4.78, 5) is 20.6. The predicted octanol–water partition coefficient (Wildman–Crippen LogP) is 2.31. The topological polar surface area (TPSA) is 92.3 Å². The van der Waals surface area contributed by atoms with E-state index in [1.807, 2.05) is 11.5 Å². The third kappa shape index (κ3) is 2.36. The number of aromatic nitrogens is 3. The fourth-order valence-electron chi connectivity index (χ4n) is 3.12. The summed E-state index contributed by atoms with van der Waals surface area (Å²) in [7, 11) is 1.38. The van der Waals surface area contributed by atoms with E-state index in [2.05, 4.69) is 9.97 Å². The molecule has 0 amide bonds. The average Bonchev–Trinajstić information content (AvgIpc) is 3.13. The van der Waals surface area contributed by atoms with Gasteiger partial charge in [0.2, 0.25) is 11.8 Å². The fraction of sp³-hybridized carbons (Fsp3) is 0.533. The second-order valence-electron chi connectivity index (χ2n) is 5.39. The highest BCUT2D eigenvalue weighted by molar-refractivity contribution is 5.96. The van der Waals surface area contributed by atoms with Crippen molar-refractivity contribution in [3.05, 3.63) is 11.8 Å². The Balaban J connectivity index is 2.25. The van der Waals surface area contributed by atoms with Crippen LogP contribution in [-0.2, 0) is 4.74 Å². The summed E-state index contributed by atoms with van der Waals surface area (Å²) in [6.45, 7) is 2.34. The standard InChI is InChI=1S/C15H20N4O3/c1-3-22-13-10-8-11(14(20)21-2)19(9-6-4-5-7-9)12(10)17-15(16)18-13/h8-9H,3-7H2,1-2H3,(H2,16,17,18). The van der Waals surface area contributed by atoms with Gasteiger partial charge in [-0.05, 0) is 25.8 Å². The highest BCUT2D eigenvalue weighted by atomic mass is 16.5. The van der Waals surface area contributed by atoms with Crippen molar-refractivity contribution in [3.63, 3.8) is 0 Å². The number of nitrogens with zero attached hydrogens (tertiary/aromatic N) is 3. The van der Waals surface area contributed by atoms with Gasteiger partial charge >= 0.3 is 5.97 Å². The zero-order valence-corrected chi connectivity index (χ0v) is 12.8. The highest BCUT2D eigenvalue weighted by Crippen LogP contribution is 2.36. The van der Waals surface area contributed by atoms with E-state index < -0.39 is 0 Å². The van der Waals surface area contributed by atoms with E-state index in [1.165, 1.54) is 7.11 Å². The molecule has 22 heavy (non-hydrogen) atoms. The van der Waals surface area contributed by atoms with E-state index in [0.29, 0.717) is 29.2 Å². The molecule has 0 spiro atoms. The monoisotopic (exact) mass is 304 g/mol. The SMILES string of the molecule is CCOc1nc(N)nc2c1cc(C(=O)OC)n2C1CCCC1. The quantitative estimate of drug-likeness (QED) is 0.871. The van der Waals surface area contributed by atoms with Crippen LogP contribution in [0.15, 0.2) is 6.07 Å². The Morgan fingerprint density at radius 2 is 2.14 bits per heavy atom. The van der Waals surface area contributed by atoms with E-state index in [0.717, 1.165) is 25.7 Å². The summed E-state index contributed by atoms with van der Waals surface area (Å²) < 4.78 is 12.4. The number of fused-ring (bicyclic) bond motifs is 1. The van der Waals surface area contributed by atoms with Crippen LogP contribution in [-0.4, -0.2) is 34.2 Å². The molecule has 1 saturated carbocycles. The maximum Gasteiger partial charge on any atom is 0.354 e. The minimum atomic E-state index is -0.383. The van der Waals surface area contributed by atoms with Crippen LogP contribution in [0.4, 0.5) is 5.95 Å². The van der Waals surface area contributed by atoms with Crippen LogP contribution in [0.25, 0.3) is 11.0 Å². The van der Waals surface area contributed by atoms with Crippen LogP contribution in [0.1, 0.15) is 49.1 Å². The molecule has 1 aliphatic carbocycles. The molecule has 1 fully saturated rings. The molecule has 118 valence electrons. The summed E-state index contributed by atoms with van der Waals surface area (Å²) in [6, 6.07) is 1.97. The number of methoxy groups -OCH3 is 1. The van der Waals surface area contributed by atoms with Gasteiger partial charge in [0.05, 0.1) is 19.1 Å². The van der Waals surface area contributed by atoms with Gasteiger partial charge in [-0.15, -0.1) is 0 Å². The molecule has 2 N–H and O–H groups in total. The Kier molecular flexibility index (Phi) is 3.87. The molecule has 0 unspecified atom stereocenters. The van der Waals surface area contributed by atoms with Crippen molar-refractivity contribution in [1.82, 2.24) is 14.5 Å². The minimum absolute atomic E-state index is 0.143. The zero-order chi connectivity index (χ0) is 15.7. The fourth-order valence-corrected chi connectivity index (χ4v) is 3.12. The summed E-state index contributed by atoms with van der Waals surface area (Å²) in [5.41, 5.74) is 6.93. The van der Waals surface area contributed by atoms with Gasteiger partial charge in [-0.25, -0.2) is 4.79 Å². The normalized spacial score (nSPS) is 15.4. The highest BCUT2D eigenvalue weighted by Gasteiger charge is 2.27. The number of esters is 1. The molecular formula is C15H20N4O3. The molecule has 2 aromatic heterocycles. The molecule has 0 aliphatic heterocycles. The lowest BCUT2D eigenvalue weighted by Gasteiger charge is -2.16. The molecule has 1 aliphatic rings. The number of rotatable bonds is 4. The molecule has 0 aromatic carbocycles. The molecule has 7 heteroatoms. The van der Waals surface area contributed by atoms with Gasteiger partial charge in [0.1, 0.15) is 11.3 Å². The first-order valence-electron chi connectivity index (χ1n) is 7.55. The predicted molar refractivity (Wildman–Crippen MR) is 82.0 cm³/mol. The van der Waals surface area contributed by atoms with Crippen molar-refractivity contribution in [2.24, 2.45) is 0 Å². The number of carbonyl (C=O) groups is 1. The smallest absolute Gasteiger partial charge is 0.354 e. The van der Waals surface area contributed by atoms with Gasteiger partial charge < -0.3 is 19.8 Å². The van der Waals surface area contributed by atoms with Crippen molar-refractivity contribution in [3.8, 4) is 5.88 Å². The third-order valence-electron chi connectivity index (χ3n) is 4.04. The number of carbonyl (C=O) groups excluding carboxylic acids is 1. The minimum Gasteiger partial charge on any atom is -0.477 e. The van der Waals surface area contributed by atoms with Crippen molar-refractivity contribution in [1.29, 1.82) is 0 Å². The molecule has 0 radical (unpaired) electrons. The summed E-state index contributed by atoms with van der Waals surface area (Å²) >= 11 is 0. The zero-order valence-electron chi connectivity index (χ0n) is 12.8. The van der Waals surface area contributed by atoms with Crippen LogP contribution in [0.3, 0.4) is 0 Å². The molecule has 0 bridgehead atoms. The maximum absolute atomic E-state index is 12.2. The van der Waals surface area contributed by atoms with E-state index in [1.54, 1.807) is 6.07 Å². The number of nitrogens with two attached hydrogens (primary N) is 1. The maximum atomic E-state index is 12.2. The first-order chi connectivity index (χ1) is 10.7. The molecule has 3 rings (SSSR count). The Bertz CT molecular complexity index is 704. The summed E-state index contributed by atoms with van der Waals surface area (Å²) in [5, 5.41) is 0.698. The second-order valence-corrected chi connectivity index (χ2v) is 5.39. The van der Waals surface area contributed by atoms with E-state index in [-0.39, 0.29) is 18.0 Å². The van der Waals surface area contributed by atoms with E-state index in [9.17, 15) is 4.79 Å². The van der Waals surface area contributed by atoms with Gasteiger partial charge in [0, 0.05) is 6.04 Å². The van der Waals surface area contributed by atoms with Crippen LogP contribution < -0.4 is 10.5 Å². The van der Waals surface area contributed by atoms with E-state index >= 15 is 0 Å². The van der Waals surface area contributed by atoms with Crippen LogP contribution in [0, 0.1) is 0 Å². The van der Waals surface area contributed by atoms with Crippen molar-refractivity contribution in [2.75, 3.05) is 19.5 Å². The van der Waals surface area contributed by atoms with Crippen molar-refractivity contribution < 1.29 is 14.3 Å². The lowest BCUT2D eigenvalue weighted by molar-refractivity contribution is 0.0586. The van der Waals surface area contributed by atoms with Crippen LogP contribution in [0.5, 0.6) is 5.88 Å². The Hall–Kier alpha value is -2.31. The van der Waals surface area contributed by atoms with Gasteiger partial charge in [-0.1, -0.05) is 12.8 Å². The number of hydrogen-bond acceptors (Lipinski definition) is 6. The number of hydrogen-bond donors (Lipinski definition) is 1. The Morgan fingerprint density at radius 1 is 1.41 bits per heavy atom. The van der Waals surface area contributed by atoms with Gasteiger partial charge in [0.15, 0.2) is 0 Å². The third-order valence-corrected chi connectivity index (χ3v) is 4.04. The second kappa shape index (κ2) is 5.82. The lowest BCUT2D eigenvalue weighted by Crippen LogP contribution is -2.15.